The second kappa shape index (κ2) is 12.5. The van der Waals surface area contributed by atoms with Gasteiger partial charge in [-0.1, -0.05) is 64.0 Å². The van der Waals surface area contributed by atoms with Crippen LogP contribution in [0.25, 0.3) is 0 Å². The first-order valence-electron chi connectivity index (χ1n) is 10.2. The number of hydrogen-bond acceptors (Lipinski definition) is 4. The van der Waals surface area contributed by atoms with Crippen LogP contribution in [0.5, 0.6) is 0 Å². The summed E-state index contributed by atoms with van der Waals surface area (Å²) in [5.74, 6) is -1.25. The van der Waals surface area contributed by atoms with E-state index in [4.69, 9.17) is 9.84 Å². The Morgan fingerprint density at radius 2 is 1.56 bits per heavy atom. The Morgan fingerprint density at radius 1 is 1.00 bits per heavy atom. The van der Waals surface area contributed by atoms with Gasteiger partial charge in [-0.15, -0.1) is 0 Å². The van der Waals surface area contributed by atoms with Crippen molar-refractivity contribution in [3.05, 3.63) is 12.2 Å². The number of aliphatic hydroxyl groups excluding tert-OH is 2. The molecule has 0 saturated carbocycles. The van der Waals surface area contributed by atoms with Gasteiger partial charge in [0, 0.05) is 0 Å². The molecule has 0 amide bonds. The minimum atomic E-state index is -0.892. The van der Waals surface area contributed by atoms with Gasteiger partial charge in [0.2, 0.25) is 0 Å². The van der Waals surface area contributed by atoms with E-state index >= 15 is 0 Å². The van der Waals surface area contributed by atoms with Gasteiger partial charge in [-0.3, -0.25) is 4.79 Å². The highest BCUT2D eigenvalue weighted by atomic mass is 16.6. The third kappa shape index (κ3) is 7.91. The average molecular weight is 355 g/mol. The van der Waals surface area contributed by atoms with E-state index in [0.717, 1.165) is 12.8 Å². The molecule has 0 aromatic carbocycles. The van der Waals surface area contributed by atoms with Crippen LogP contribution >= 0.6 is 0 Å². The Bertz CT molecular complexity index is 393. The molecule has 0 aromatic rings. The van der Waals surface area contributed by atoms with Crippen LogP contribution in [0.4, 0.5) is 0 Å². The van der Waals surface area contributed by atoms with Crippen LogP contribution in [0, 0.1) is 5.92 Å². The molecular formula is C21H38O4. The summed E-state index contributed by atoms with van der Waals surface area (Å²) in [6.45, 7) is 3.64. The number of hydrogen-bond donors (Lipinski definition) is 2. The highest BCUT2D eigenvalue weighted by molar-refractivity contribution is 5.76. The molecular weight excluding hydrogens is 316 g/mol. The van der Waals surface area contributed by atoms with Gasteiger partial charge in [-0.05, 0) is 39.0 Å². The van der Waals surface area contributed by atoms with Crippen LogP contribution in [0.3, 0.4) is 0 Å². The van der Waals surface area contributed by atoms with Crippen molar-refractivity contribution in [3.8, 4) is 0 Å². The number of cyclic esters (lactones) is 1. The molecule has 0 aromatic heterocycles. The van der Waals surface area contributed by atoms with Crippen LogP contribution in [-0.4, -0.2) is 34.5 Å². The molecule has 1 fully saturated rings. The van der Waals surface area contributed by atoms with Gasteiger partial charge in [0.15, 0.2) is 0 Å². The number of esters is 1. The fraction of sp³-hybridized carbons (Fsp3) is 0.857. The summed E-state index contributed by atoms with van der Waals surface area (Å²) in [6.07, 6.45) is 17.8. The summed E-state index contributed by atoms with van der Waals surface area (Å²) < 4.78 is 5.32. The molecule has 0 unspecified atom stereocenters. The molecule has 0 spiro atoms. The van der Waals surface area contributed by atoms with Crippen LogP contribution in [0.15, 0.2) is 12.2 Å². The summed E-state index contributed by atoms with van der Waals surface area (Å²) in [5, 5.41) is 19.3. The standard InChI is InChI=1S/C21H38O4/c1-3-4-5-6-7-8-9-10-11-12-13-14-15-16-21(2)19(23)18(17-22)20(24)25-21/h5-6,18-19,22-23H,3-4,7-17H2,1-2H3/b6-5+/t18-,19-,21+/m0/s1. The minimum Gasteiger partial charge on any atom is -0.456 e. The maximum atomic E-state index is 11.6. The zero-order valence-corrected chi connectivity index (χ0v) is 16.2. The molecule has 1 aliphatic heterocycles. The number of unbranched alkanes of at least 4 members (excludes halogenated alkanes) is 9. The fourth-order valence-electron chi connectivity index (χ4n) is 3.49. The van der Waals surface area contributed by atoms with Crippen molar-refractivity contribution in [2.24, 2.45) is 5.92 Å². The summed E-state index contributed by atoms with van der Waals surface area (Å²) in [6, 6.07) is 0. The molecule has 2 N–H and O–H groups in total. The summed E-state index contributed by atoms with van der Waals surface area (Å²) >= 11 is 0. The maximum Gasteiger partial charge on any atom is 0.314 e. The van der Waals surface area contributed by atoms with Gasteiger partial charge in [-0.25, -0.2) is 0 Å². The lowest BCUT2D eigenvalue weighted by Gasteiger charge is -2.27. The molecule has 25 heavy (non-hydrogen) atoms. The molecule has 146 valence electrons. The van der Waals surface area contributed by atoms with Crippen molar-refractivity contribution >= 4 is 5.97 Å². The molecule has 3 atom stereocenters. The molecule has 0 bridgehead atoms. The van der Waals surface area contributed by atoms with Crippen LogP contribution in [-0.2, 0) is 9.53 Å². The SMILES string of the molecule is CCC/C=C/CCCCCCCCCC[C@@]1(C)OC(=O)[C@@H](CO)[C@@H]1O. The fourth-order valence-corrected chi connectivity index (χ4v) is 3.49. The predicted octanol–water partition coefficient (Wildman–Crippen LogP) is 4.53. The van der Waals surface area contributed by atoms with Crippen LogP contribution in [0.1, 0.15) is 90.9 Å². The van der Waals surface area contributed by atoms with Crippen molar-refractivity contribution in [3.63, 3.8) is 0 Å². The second-order valence-electron chi connectivity index (χ2n) is 7.59. The molecule has 4 nitrogen and oxygen atoms in total. The monoisotopic (exact) mass is 354 g/mol. The molecule has 0 radical (unpaired) electrons. The maximum absolute atomic E-state index is 11.6. The third-order valence-corrected chi connectivity index (χ3v) is 5.26. The van der Waals surface area contributed by atoms with E-state index < -0.39 is 23.6 Å². The van der Waals surface area contributed by atoms with E-state index in [9.17, 15) is 9.90 Å². The van der Waals surface area contributed by atoms with E-state index in [-0.39, 0.29) is 6.61 Å². The van der Waals surface area contributed by atoms with Crippen molar-refractivity contribution in [2.75, 3.05) is 6.61 Å². The molecule has 1 rings (SSSR count). The number of carbonyl (C=O) groups is 1. The van der Waals surface area contributed by atoms with Gasteiger partial charge in [-0.2, -0.15) is 0 Å². The first-order valence-corrected chi connectivity index (χ1v) is 10.2. The normalized spacial score (nSPS) is 26.5. The highest BCUT2D eigenvalue weighted by Gasteiger charge is 2.51. The smallest absolute Gasteiger partial charge is 0.314 e. The second-order valence-corrected chi connectivity index (χ2v) is 7.59. The first-order chi connectivity index (χ1) is 12.0. The molecule has 4 heteroatoms. The van der Waals surface area contributed by atoms with Crippen LogP contribution < -0.4 is 0 Å². The number of carbonyl (C=O) groups excluding carboxylic acids is 1. The highest BCUT2D eigenvalue weighted by Crippen LogP contribution is 2.35. The van der Waals surface area contributed by atoms with Crippen LogP contribution in [0.2, 0.25) is 0 Å². The summed E-state index contributed by atoms with van der Waals surface area (Å²) in [4.78, 5) is 11.6. The Morgan fingerprint density at radius 3 is 2.12 bits per heavy atom. The molecule has 1 saturated heterocycles. The topological polar surface area (TPSA) is 66.8 Å². The number of rotatable bonds is 14. The molecule has 1 heterocycles. The first kappa shape index (κ1) is 22.2. The van der Waals surface area contributed by atoms with Gasteiger partial charge >= 0.3 is 5.97 Å². The van der Waals surface area contributed by atoms with Gasteiger partial charge < -0.3 is 14.9 Å². The van der Waals surface area contributed by atoms with Gasteiger partial charge in [0.1, 0.15) is 17.6 Å². The number of aliphatic hydroxyl groups is 2. The number of allylic oxidation sites excluding steroid dienone is 2. The van der Waals surface area contributed by atoms with Gasteiger partial charge in [0.25, 0.3) is 0 Å². The zero-order chi connectivity index (χ0) is 18.5. The van der Waals surface area contributed by atoms with E-state index in [2.05, 4.69) is 19.1 Å². The van der Waals surface area contributed by atoms with Crippen molar-refractivity contribution in [1.29, 1.82) is 0 Å². The lowest BCUT2D eigenvalue weighted by atomic mass is 9.87. The third-order valence-electron chi connectivity index (χ3n) is 5.26. The zero-order valence-electron chi connectivity index (χ0n) is 16.2. The summed E-state index contributed by atoms with van der Waals surface area (Å²) in [7, 11) is 0. The van der Waals surface area contributed by atoms with E-state index in [1.54, 1.807) is 6.92 Å². The quantitative estimate of drug-likeness (QED) is 0.273. The minimum absolute atomic E-state index is 0.343. The van der Waals surface area contributed by atoms with Crippen molar-refractivity contribution in [2.45, 2.75) is 103 Å². The van der Waals surface area contributed by atoms with Gasteiger partial charge in [0.05, 0.1) is 6.61 Å². The Hall–Kier alpha value is -0.870. The lowest BCUT2D eigenvalue weighted by molar-refractivity contribution is -0.151. The van der Waals surface area contributed by atoms with Crippen molar-refractivity contribution in [1.82, 2.24) is 0 Å². The summed E-state index contributed by atoms with van der Waals surface area (Å²) in [5.41, 5.74) is -0.824. The van der Waals surface area contributed by atoms with E-state index in [0.29, 0.717) is 6.42 Å². The van der Waals surface area contributed by atoms with E-state index in [1.807, 2.05) is 0 Å². The largest absolute Gasteiger partial charge is 0.456 e. The Kier molecular flexibility index (Phi) is 11.1. The Labute approximate surface area is 153 Å². The molecule has 0 aliphatic carbocycles. The average Bonchev–Trinajstić information content (AvgIpc) is 2.80. The molecule has 1 aliphatic rings. The van der Waals surface area contributed by atoms with E-state index in [1.165, 1.54) is 57.8 Å². The lowest BCUT2D eigenvalue weighted by Crippen LogP contribution is -2.39. The number of ether oxygens (including phenoxy) is 1. The Balaban J connectivity index is 1.98. The van der Waals surface area contributed by atoms with Crippen molar-refractivity contribution < 1.29 is 19.7 Å². The predicted molar refractivity (Wildman–Crippen MR) is 101 cm³/mol.